The number of thioether (sulfide) groups is 1. The van der Waals surface area contributed by atoms with E-state index in [1.165, 1.54) is 4.90 Å². The van der Waals surface area contributed by atoms with Gasteiger partial charge in [0.15, 0.2) is 0 Å². The number of carbonyl (C=O) groups excluding carboxylic acids is 1. The maximum absolute atomic E-state index is 12.7. The monoisotopic (exact) mass is 465 g/mol. The van der Waals surface area contributed by atoms with Crippen LogP contribution in [-0.2, 0) is 9.59 Å². The Bertz CT molecular complexity index is 920. The van der Waals surface area contributed by atoms with E-state index < -0.39 is 17.9 Å². The zero-order valence-electron chi connectivity index (χ0n) is 14.3. The molecule has 27 heavy (non-hydrogen) atoms. The third-order valence-corrected chi connectivity index (χ3v) is 5.87. The number of aliphatic carboxylic acids is 1. The molecule has 0 unspecified atom stereocenters. The first-order valence-corrected chi connectivity index (χ1v) is 10.3. The van der Waals surface area contributed by atoms with Gasteiger partial charge in [0.2, 0.25) is 0 Å². The molecule has 1 aliphatic heterocycles. The van der Waals surface area contributed by atoms with Crippen LogP contribution in [0.3, 0.4) is 0 Å². The molecule has 1 aromatic heterocycles. The minimum atomic E-state index is -1.05. The Morgan fingerprint density at radius 2 is 2.04 bits per heavy atom. The molecule has 2 heterocycles. The lowest BCUT2D eigenvalue weighted by atomic mass is 10.1. The Morgan fingerprint density at radius 3 is 2.67 bits per heavy atom. The molecule has 0 radical (unpaired) electrons. The molecular weight excluding hydrogens is 450 g/mol. The predicted octanol–water partition coefficient (Wildman–Crippen LogP) is 5.16. The highest BCUT2D eigenvalue weighted by Crippen LogP contribution is 2.35. The topological polar surface area (TPSA) is 70.8 Å². The number of hydrogen-bond donors (Lipinski definition) is 1. The van der Waals surface area contributed by atoms with Gasteiger partial charge in [-0.15, -0.1) is 0 Å². The third-order valence-electron chi connectivity index (χ3n) is 4.01. The zero-order valence-corrected chi connectivity index (χ0v) is 17.6. The fourth-order valence-electron chi connectivity index (χ4n) is 2.71. The van der Waals surface area contributed by atoms with E-state index in [0.717, 1.165) is 21.8 Å². The van der Waals surface area contributed by atoms with Crippen molar-refractivity contribution >= 4 is 62.2 Å². The molecule has 1 aromatic carbocycles. The number of hydrogen-bond acceptors (Lipinski definition) is 5. The Labute approximate surface area is 174 Å². The van der Waals surface area contributed by atoms with E-state index in [1.54, 1.807) is 12.1 Å². The van der Waals surface area contributed by atoms with Gasteiger partial charge in [0.1, 0.15) is 21.9 Å². The second-order valence-electron chi connectivity index (χ2n) is 5.90. The predicted molar refractivity (Wildman–Crippen MR) is 113 cm³/mol. The van der Waals surface area contributed by atoms with Crippen molar-refractivity contribution in [3.8, 4) is 11.3 Å². The number of furan rings is 1. The number of thiocarbonyl (C=S) groups is 1. The van der Waals surface area contributed by atoms with Gasteiger partial charge in [-0.3, -0.25) is 9.69 Å². The van der Waals surface area contributed by atoms with Gasteiger partial charge in [0.05, 0.1) is 4.91 Å². The summed E-state index contributed by atoms with van der Waals surface area (Å²) in [5, 5.41) is 9.42. The molecule has 1 aliphatic rings. The summed E-state index contributed by atoms with van der Waals surface area (Å²) in [7, 11) is 0. The van der Waals surface area contributed by atoms with E-state index in [9.17, 15) is 14.7 Å². The second kappa shape index (κ2) is 8.41. The van der Waals surface area contributed by atoms with Crippen LogP contribution >= 0.6 is 39.9 Å². The average Bonchev–Trinajstić information content (AvgIpc) is 3.19. The summed E-state index contributed by atoms with van der Waals surface area (Å²) in [6, 6.07) is 10.3. The van der Waals surface area contributed by atoms with Crippen molar-refractivity contribution < 1.29 is 19.1 Å². The normalized spacial score (nSPS) is 17.0. The Hall–Kier alpha value is -1.90. The SMILES string of the molecule is CCC[C@H](C(=O)O)N1C(=O)/C(=C/c2ccc(-c3ccc(Br)cc3)o2)SC1=S. The summed E-state index contributed by atoms with van der Waals surface area (Å²) in [6.07, 6.45) is 2.60. The molecule has 1 N–H and O–H groups in total. The van der Waals surface area contributed by atoms with E-state index in [-0.39, 0.29) is 4.32 Å². The first-order valence-electron chi connectivity index (χ1n) is 8.26. The van der Waals surface area contributed by atoms with Crippen LogP contribution < -0.4 is 0 Å². The van der Waals surface area contributed by atoms with Gasteiger partial charge in [-0.2, -0.15) is 0 Å². The Balaban J connectivity index is 1.84. The van der Waals surface area contributed by atoms with E-state index >= 15 is 0 Å². The Morgan fingerprint density at radius 1 is 1.33 bits per heavy atom. The summed E-state index contributed by atoms with van der Waals surface area (Å²) in [6.45, 7) is 1.87. The Kier molecular flexibility index (Phi) is 6.18. The molecule has 140 valence electrons. The summed E-state index contributed by atoms with van der Waals surface area (Å²) in [5.74, 6) is -0.258. The van der Waals surface area contributed by atoms with E-state index in [2.05, 4.69) is 15.9 Å². The summed E-state index contributed by atoms with van der Waals surface area (Å²) >= 11 is 9.73. The molecule has 0 aliphatic carbocycles. The molecule has 1 amide bonds. The van der Waals surface area contributed by atoms with Crippen LogP contribution in [0.2, 0.25) is 0 Å². The molecule has 0 saturated carbocycles. The number of carboxylic acids is 1. The molecule has 1 atom stereocenters. The van der Waals surface area contributed by atoms with Crippen molar-refractivity contribution in [1.29, 1.82) is 0 Å². The molecule has 5 nitrogen and oxygen atoms in total. The van der Waals surface area contributed by atoms with Crippen molar-refractivity contribution in [2.75, 3.05) is 0 Å². The number of carbonyl (C=O) groups is 2. The summed E-state index contributed by atoms with van der Waals surface area (Å²) in [4.78, 5) is 25.8. The van der Waals surface area contributed by atoms with Crippen LogP contribution in [0.15, 0.2) is 50.2 Å². The summed E-state index contributed by atoms with van der Waals surface area (Å²) in [5.41, 5.74) is 0.916. The minimum Gasteiger partial charge on any atom is -0.480 e. The maximum atomic E-state index is 12.7. The van der Waals surface area contributed by atoms with Gasteiger partial charge >= 0.3 is 5.97 Å². The van der Waals surface area contributed by atoms with Crippen LogP contribution in [-0.4, -0.2) is 32.2 Å². The first-order chi connectivity index (χ1) is 12.9. The average molecular weight is 466 g/mol. The van der Waals surface area contributed by atoms with Crippen molar-refractivity contribution in [2.45, 2.75) is 25.8 Å². The number of rotatable bonds is 6. The quantitative estimate of drug-likeness (QED) is 0.468. The maximum Gasteiger partial charge on any atom is 0.326 e. The number of carboxylic acid groups (broad SMARTS) is 1. The van der Waals surface area contributed by atoms with Gasteiger partial charge in [-0.25, -0.2) is 4.79 Å². The van der Waals surface area contributed by atoms with Gasteiger partial charge in [-0.1, -0.05) is 65.4 Å². The lowest BCUT2D eigenvalue weighted by Crippen LogP contribution is -2.43. The van der Waals surface area contributed by atoms with Crippen LogP contribution in [0.1, 0.15) is 25.5 Å². The lowest BCUT2D eigenvalue weighted by molar-refractivity contribution is -0.145. The van der Waals surface area contributed by atoms with Crippen LogP contribution in [0.5, 0.6) is 0 Å². The highest BCUT2D eigenvalue weighted by Gasteiger charge is 2.40. The standard InChI is InChI=1S/C19H16BrNO4S2/c1-2-3-14(18(23)24)21-17(22)16(27-19(21)26)10-13-8-9-15(25-13)11-4-6-12(20)7-5-11/h4-10,14H,2-3H2,1H3,(H,23,24)/b16-10-/t14-/m1/s1. The highest BCUT2D eigenvalue weighted by molar-refractivity contribution is 9.10. The number of nitrogens with zero attached hydrogens (tertiary/aromatic N) is 1. The molecule has 8 heteroatoms. The van der Waals surface area contributed by atoms with E-state index in [1.807, 2.05) is 37.3 Å². The fraction of sp³-hybridized carbons (Fsp3) is 0.211. The third kappa shape index (κ3) is 4.34. The molecule has 0 bridgehead atoms. The van der Waals surface area contributed by atoms with Crippen LogP contribution in [0.25, 0.3) is 17.4 Å². The van der Waals surface area contributed by atoms with E-state index in [0.29, 0.717) is 29.3 Å². The van der Waals surface area contributed by atoms with Gasteiger partial charge in [0.25, 0.3) is 5.91 Å². The van der Waals surface area contributed by atoms with E-state index in [4.69, 9.17) is 16.6 Å². The molecule has 0 spiro atoms. The molecule has 3 rings (SSSR count). The second-order valence-corrected chi connectivity index (χ2v) is 8.49. The largest absolute Gasteiger partial charge is 0.480 e. The van der Waals surface area contributed by atoms with Gasteiger partial charge in [-0.05, 0) is 30.7 Å². The highest BCUT2D eigenvalue weighted by atomic mass is 79.9. The lowest BCUT2D eigenvalue weighted by Gasteiger charge is -2.22. The first kappa shape index (κ1) is 19.9. The number of halogens is 1. The number of benzene rings is 1. The fourth-order valence-corrected chi connectivity index (χ4v) is 4.32. The van der Waals surface area contributed by atoms with Crippen molar-refractivity contribution in [3.05, 3.63) is 51.5 Å². The molecular formula is C19H16BrNO4S2. The van der Waals surface area contributed by atoms with Crippen molar-refractivity contribution in [2.24, 2.45) is 0 Å². The smallest absolute Gasteiger partial charge is 0.326 e. The van der Waals surface area contributed by atoms with Crippen LogP contribution in [0.4, 0.5) is 0 Å². The van der Waals surface area contributed by atoms with Crippen molar-refractivity contribution in [3.63, 3.8) is 0 Å². The molecule has 2 aromatic rings. The zero-order chi connectivity index (χ0) is 19.6. The summed E-state index contributed by atoms with van der Waals surface area (Å²) < 4.78 is 7.04. The molecule has 1 fully saturated rings. The molecule has 1 saturated heterocycles. The minimum absolute atomic E-state index is 0.256. The van der Waals surface area contributed by atoms with Gasteiger partial charge in [0, 0.05) is 16.1 Å². The number of amides is 1. The van der Waals surface area contributed by atoms with Gasteiger partial charge < -0.3 is 9.52 Å². The van der Waals surface area contributed by atoms with Crippen LogP contribution in [0, 0.1) is 0 Å². The van der Waals surface area contributed by atoms with Crippen molar-refractivity contribution in [1.82, 2.24) is 4.90 Å².